The van der Waals surface area contributed by atoms with Crippen molar-refractivity contribution in [2.24, 2.45) is 0 Å². The van der Waals surface area contributed by atoms with Crippen molar-refractivity contribution in [1.29, 1.82) is 0 Å². The number of methoxy groups -OCH3 is 1. The highest BCUT2D eigenvalue weighted by Crippen LogP contribution is 2.41. The van der Waals surface area contributed by atoms with Crippen LogP contribution < -0.4 is 4.90 Å². The summed E-state index contributed by atoms with van der Waals surface area (Å²) in [5.41, 5.74) is 2.69. The Morgan fingerprint density at radius 1 is 1.19 bits per heavy atom. The van der Waals surface area contributed by atoms with Gasteiger partial charge in [0.25, 0.3) is 11.6 Å². The highest BCUT2D eigenvalue weighted by Gasteiger charge is 2.34. The van der Waals surface area contributed by atoms with Crippen LogP contribution in [0.5, 0.6) is 0 Å². The van der Waals surface area contributed by atoms with E-state index in [1.807, 2.05) is 0 Å². The van der Waals surface area contributed by atoms with Crippen LogP contribution in [0, 0.1) is 10.1 Å². The van der Waals surface area contributed by atoms with Gasteiger partial charge >= 0.3 is 5.97 Å². The van der Waals surface area contributed by atoms with Gasteiger partial charge in [-0.1, -0.05) is 0 Å². The lowest BCUT2D eigenvalue weighted by molar-refractivity contribution is -0.384. The number of benzene rings is 1. The maximum absolute atomic E-state index is 13.4. The monoisotopic (exact) mass is 434 g/mol. The van der Waals surface area contributed by atoms with Gasteiger partial charge < -0.3 is 14.1 Å². The largest absolute Gasteiger partial charge is 0.472 e. The van der Waals surface area contributed by atoms with Gasteiger partial charge in [-0.05, 0) is 25.1 Å². The summed E-state index contributed by atoms with van der Waals surface area (Å²) in [7, 11) is 1.27. The molecule has 0 saturated heterocycles. The van der Waals surface area contributed by atoms with Crippen molar-refractivity contribution < 1.29 is 23.7 Å². The fraction of sp³-hybridized carbons (Fsp3) is 0.136. The topological polar surface area (TPSA) is 121 Å². The van der Waals surface area contributed by atoms with E-state index in [0.717, 1.165) is 0 Å². The number of esters is 1. The number of hydrogen-bond acceptors (Lipinski definition) is 8. The van der Waals surface area contributed by atoms with E-state index < -0.39 is 10.9 Å². The van der Waals surface area contributed by atoms with Crippen molar-refractivity contribution in [3.63, 3.8) is 0 Å². The fourth-order valence-corrected chi connectivity index (χ4v) is 3.63. The van der Waals surface area contributed by atoms with Gasteiger partial charge in [0.1, 0.15) is 6.33 Å². The number of aromatic nitrogens is 2. The predicted molar refractivity (Wildman–Crippen MR) is 113 cm³/mol. The fourth-order valence-electron chi connectivity index (χ4n) is 3.63. The second kappa shape index (κ2) is 8.34. The Hall–Kier alpha value is -4.47. The second-order valence-electron chi connectivity index (χ2n) is 6.96. The molecular weight excluding hydrogens is 416 g/mol. The number of ether oxygens (including phenoxy) is 1. The number of hydrogen-bond donors (Lipinski definition) is 0. The average Bonchev–Trinajstić information content (AvgIpc) is 3.52. The van der Waals surface area contributed by atoms with E-state index >= 15 is 0 Å². The minimum absolute atomic E-state index is 0.0273. The second-order valence-corrected chi connectivity index (χ2v) is 6.96. The van der Waals surface area contributed by atoms with Crippen molar-refractivity contribution in [1.82, 2.24) is 9.55 Å². The third kappa shape index (κ3) is 3.58. The van der Waals surface area contributed by atoms with Gasteiger partial charge in [0.15, 0.2) is 0 Å². The number of imidazole rings is 1. The molecule has 1 aliphatic heterocycles. The summed E-state index contributed by atoms with van der Waals surface area (Å²) in [5.74, 6) is -0.948. The molecule has 0 radical (unpaired) electrons. The van der Waals surface area contributed by atoms with Crippen LogP contribution >= 0.6 is 0 Å². The molecule has 2 aromatic heterocycles. The summed E-state index contributed by atoms with van der Waals surface area (Å²) in [6, 6.07) is 7.53. The zero-order valence-electron chi connectivity index (χ0n) is 17.2. The summed E-state index contributed by atoms with van der Waals surface area (Å²) in [6.07, 6.45) is 7.37. The molecule has 10 nitrogen and oxygen atoms in total. The molecule has 0 bridgehead atoms. The molecule has 32 heavy (non-hydrogen) atoms. The molecule has 162 valence electrons. The minimum atomic E-state index is -0.573. The van der Waals surface area contributed by atoms with Crippen molar-refractivity contribution in [3.8, 4) is 0 Å². The van der Waals surface area contributed by atoms with E-state index in [2.05, 4.69) is 4.98 Å². The maximum atomic E-state index is 13.4. The van der Waals surface area contributed by atoms with E-state index in [-0.39, 0.29) is 18.0 Å². The van der Waals surface area contributed by atoms with Gasteiger partial charge in [0.05, 0.1) is 35.8 Å². The summed E-state index contributed by atoms with van der Waals surface area (Å²) >= 11 is 0. The van der Waals surface area contributed by atoms with Gasteiger partial charge in [-0.3, -0.25) is 19.5 Å². The van der Waals surface area contributed by atoms with Crippen LogP contribution in [0.3, 0.4) is 0 Å². The van der Waals surface area contributed by atoms with Crippen molar-refractivity contribution in [2.45, 2.75) is 13.3 Å². The number of nitrogens with zero attached hydrogens (tertiary/aromatic N) is 4. The van der Waals surface area contributed by atoms with Crippen LogP contribution in [0.25, 0.3) is 5.70 Å². The van der Waals surface area contributed by atoms with E-state index in [1.165, 1.54) is 55.1 Å². The minimum Gasteiger partial charge on any atom is -0.472 e. The summed E-state index contributed by atoms with van der Waals surface area (Å²) in [5, 5.41) is 11.1. The van der Waals surface area contributed by atoms with Gasteiger partial charge in [0.2, 0.25) is 0 Å². The molecule has 3 aromatic rings. The normalized spacial score (nSPS) is 14.0. The first-order chi connectivity index (χ1) is 15.4. The Balaban J connectivity index is 1.96. The first-order valence-corrected chi connectivity index (χ1v) is 9.53. The summed E-state index contributed by atoms with van der Waals surface area (Å²) in [4.78, 5) is 42.2. The Bertz CT molecular complexity index is 1240. The lowest BCUT2D eigenvalue weighted by Gasteiger charge is -2.35. The average molecular weight is 434 g/mol. The third-order valence-electron chi connectivity index (χ3n) is 5.18. The number of furan rings is 1. The number of nitro benzene ring substituents is 1. The van der Waals surface area contributed by atoms with Gasteiger partial charge in [0, 0.05) is 53.5 Å². The SMILES string of the molecule is COC(=O)C1=C(C)N(c2ccc([N+](=O)[O-])cc2)C(c2ccoc2)=C(C(=O)n2ccnc2)C1. The van der Waals surface area contributed by atoms with E-state index in [0.29, 0.717) is 33.8 Å². The first-order valence-electron chi connectivity index (χ1n) is 9.53. The molecule has 0 amide bonds. The maximum Gasteiger partial charge on any atom is 0.335 e. The van der Waals surface area contributed by atoms with Gasteiger partial charge in [-0.25, -0.2) is 9.78 Å². The summed E-state index contributed by atoms with van der Waals surface area (Å²) < 4.78 is 11.5. The van der Waals surface area contributed by atoms with E-state index in [4.69, 9.17) is 9.15 Å². The molecule has 0 unspecified atom stereocenters. The summed E-state index contributed by atoms with van der Waals surface area (Å²) in [6.45, 7) is 1.73. The van der Waals surface area contributed by atoms with Crippen LogP contribution in [-0.4, -0.2) is 33.5 Å². The predicted octanol–water partition coefficient (Wildman–Crippen LogP) is 3.79. The molecule has 4 rings (SSSR count). The number of anilines is 1. The number of carbonyl (C=O) groups excluding carboxylic acids is 2. The molecule has 1 aliphatic rings. The van der Waals surface area contributed by atoms with Crippen molar-refractivity contribution in [3.05, 3.63) is 94.1 Å². The Kier molecular flexibility index (Phi) is 5.42. The molecule has 0 aliphatic carbocycles. The molecule has 3 heterocycles. The van der Waals surface area contributed by atoms with Crippen LogP contribution in [0.4, 0.5) is 11.4 Å². The molecule has 1 aromatic carbocycles. The zero-order valence-corrected chi connectivity index (χ0v) is 17.2. The van der Waals surface area contributed by atoms with Gasteiger partial charge in [-0.15, -0.1) is 0 Å². The molecule has 0 saturated carbocycles. The molecular formula is C22H18N4O6. The van der Waals surface area contributed by atoms with Crippen LogP contribution in [0.2, 0.25) is 0 Å². The Labute approximate surface area is 182 Å². The van der Waals surface area contributed by atoms with Crippen LogP contribution in [-0.2, 0) is 9.53 Å². The zero-order chi connectivity index (χ0) is 22.8. The van der Waals surface area contributed by atoms with Crippen LogP contribution in [0.15, 0.2) is 82.8 Å². The lowest BCUT2D eigenvalue weighted by Crippen LogP contribution is -2.31. The molecule has 0 atom stereocenters. The van der Waals surface area contributed by atoms with Crippen molar-refractivity contribution in [2.75, 3.05) is 12.0 Å². The number of carbonyl (C=O) groups is 2. The first kappa shape index (κ1) is 20.8. The molecule has 0 fully saturated rings. The lowest BCUT2D eigenvalue weighted by atomic mass is 9.92. The van der Waals surface area contributed by atoms with E-state index in [1.54, 1.807) is 30.0 Å². The number of rotatable bonds is 5. The standard InChI is InChI=1S/C22H18N4O6/c1-14-18(22(28)31-2)11-19(21(27)24-9-8-23-13-24)20(15-7-10-32-12-15)25(14)16-3-5-17(6-4-16)26(29)30/h3-10,12-13H,11H2,1-2H3. The molecule has 0 N–H and O–H groups in total. The van der Waals surface area contributed by atoms with Gasteiger partial charge in [-0.2, -0.15) is 0 Å². The van der Waals surface area contributed by atoms with Crippen molar-refractivity contribution >= 4 is 28.9 Å². The smallest absolute Gasteiger partial charge is 0.335 e. The van der Waals surface area contributed by atoms with E-state index in [9.17, 15) is 19.7 Å². The van der Waals surface area contributed by atoms with Crippen LogP contribution in [0.1, 0.15) is 23.7 Å². The number of allylic oxidation sites excluding steroid dienone is 2. The highest BCUT2D eigenvalue weighted by atomic mass is 16.6. The quantitative estimate of drug-likeness (QED) is 0.338. The number of nitro groups is 1. The third-order valence-corrected chi connectivity index (χ3v) is 5.18. The highest BCUT2D eigenvalue weighted by molar-refractivity contribution is 6.09. The Morgan fingerprint density at radius 2 is 1.94 bits per heavy atom. The molecule has 10 heteroatoms. The molecule has 0 spiro atoms. The Morgan fingerprint density at radius 3 is 2.50 bits per heavy atom. The number of non-ortho nitro benzene ring substituents is 1.